The van der Waals surface area contributed by atoms with Crippen LogP contribution in [0.15, 0.2) is 176 Å². The number of benzene rings is 6. The smallest absolute Gasteiger partial charge is 0.0461 e. The van der Waals surface area contributed by atoms with E-state index < -0.39 is 0 Å². The molecule has 0 amide bonds. The third-order valence-electron chi connectivity index (χ3n) is 9.85. The third kappa shape index (κ3) is 5.10. The van der Waals surface area contributed by atoms with Gasteiger partial charge in [-0.15, -0.1) is 11.3 Å². The van der Waals surface area contributed by atoms with Gasteiger partial charge in [0.15, 0.2) is 0 Å². The van der Waals surface area contributed by atoms with Crippen LogP contribution in [0.1, 0.15) is 31.9 Å². The molecule has 0 N–H and O–H groups in total. The van der Waals surface area contributed by atoms with Gasteiger partial charge in [-0.2, -0.15) is 0 Å². The summed E-state index contributed by atoms with van der Waals surface area (Å²) in [7, 11) is 0. The van der Waals surface area contributed by atoms with E-state index in [-0.39, 0.29) is 5.41 Å². The monoisotopic (exact) mass is 635 g/mol. The second-order valence-electron chi connectivity index (χ2n) is 13.1. The Labute approximate surface area is 287 Å². The van der Waals surface area contributed by atoms with E-state index in [1.165, 1.54) is 64.7 Å². The van der Waals surface area contributed by atoms with E-state index in [4.69, 9.17) is 0 Å². The Bertz CT molecular complexity index is 2370. The number of rotatable bonds is 7. The molecule has 0 spiro atoms. The SMILES string of the molecule is C=C(/C=C\C1=C(C)c2c(ccc3c2sc2ccccc23)C1(C)C)N(c1ccccc1)c1ccc(-c2cccc(-c3ccccc3)c2)cc1. The minimum absolute atomic E-state index is 0.117. The second-order valence-corrected chi connectivity index (χ2v) is 14.2. The quantitative estimate of drug-likeness (QED) is 0.158. The van der Waals surface area contributed by atoms with Gasteiger partial charge in [0.05, 0.1) is 0 Å². The molecule has 0 bridgehead atoms. The lowest BCUT2D eigenvalue weighted by molar-refractivity contribution is 0.654. The van der Waals surface area contributed by atoms with E-state index >= 15 is 0 Å². The summed E-state index contributed by atoms with van der Waals surface area (Å²) in [6.45, 7) is 11.6. The number of hydrogen-bond acceptors (Lipinski definition) is 2. The van der Waals surface area contributed by atoms with Crippen LogP contribution in [-0.4, -0.2) is 0 Å². The largest absolute Gasteiger partial charge is 0.311 e. The predicted octanol–water partition coefficient (Wildman–Crippen LogP) is 13.4. The summed E-state index contributed by atoms with van der Waals surface area (Å²) in [6.07, 6.45) is 4.50. The fourth-order valence-electron chi connectivity index (χ4n) is 7.39. The minimum Gasteiger partial charge on any atom is -0.311 e. The molecule has 0 saturated carbocycles. The Balaban J connectivity index is 1.14. The summed E-state index contributed by atoms with van der Waals surface area (Å²) in [4.78, 5) is 2.25. The zero-order chi connectivity index (χ0) is 32.8. The molecule has 0 radical (unpaired) electrons. The number of allylic oxidation sites excluding steroid dienone is 4. The molecule has 1 aromatic heterocycles. The zero-order valence-corrected chi connectivity index (χ0v) is 28.4. The first-order chi connectivity index (χ1) is 23.4. The highest BCUT2D eigenvalue weighted by atomic mass is 32.1. The van der Waals surface area contributed by atoms with Gasteiger partial charge >= 0.3 is 0 Å². The molecule has 1 aliphatic carbocycles. The number of para-hydroxylation sites is 1. The van der Waals surface area contributed by atoms with Crippen LogP contribution in [0.5, 0.6) is 0 Å². The topological polar surface area (TPSA) is 3.24 Å². The van der Waals surface area contributed by atoms with E-state index in [1.54, 1.807) is 0 Å². The van der Waals surface area contributed by atoms with Gasteiger partial charge in [-0.3, -0.25) is 0 Å². The van der Waals surface area contributed by atoms with Crippen LogP contribution in [0, 0.1) is 0 Å². The van der Waals surface area contributed by atoms with E-state index in [0.29, 0.717) is 0 Å². The van der Waals surface area contributed by atoms with Crippen molar-refractivity contribution in [2.45, 2.75) is 26.2 Å². The van der Waals surface area contributed by atoms with Crippen molar-refractivity contribution in [3.8, 4) is 22.3 Å². The van der Waals surface area contributed by atoms with Crippen molar-refractivity contribution >= 4 is 48.5 Å². The molecule has 0 unspecified atom stereocenters. The summed E-state index contributed by atoms with van der Waals surface area (Å²) in [5, 5.41) is 2.70. The molecule has 7 aromatic rings. The lowest BCUT2D eigenvalue weighted by atomic mass is 9.81. The van der Waals surface area contributed by atoms with E-state index in [0.717, 1.165) is 17.1 Å². The molecule has 0 atom stereocenters. The normalized spacial score (nSPS) is 13.8. The molecule has 232 valence electrons. The van der Waals surface area contributed by atoms with Crippen molar-refractivity contribution in [1.82, 2.24) is 0 Å². The van der Waals surface area contributed by atoms with Gasteiger partial charge in [0.1, 0.15) is 0 Å². The van der Waals surface area contributed by atoms with Crippen LogP contribution < -0.4 is 4.90 Å². The van der Waals surface area contributed by atoms with E-state index in [2.05, 4.69) is 190 Å². The van der Waals surface area contributed by atoms with Crippen molar-refractivity contribution in [2.24, 2.45) is 0 Å². The average molecular weight is 636 g/mol. The summed E-state index contributed by atoms with van der Waals surface area (Å²) in [6, 6.07) is 52.1. The molecule has 6 aromatic carbocycles. The Morgan fingerprint density at radius 3 is 1.96 bits per heavy atom. The number of thiophene rings is 1. The van der Waals surface area contributed by atoms with Crippen molar-refractivity contribution in [1.29, 1.82) is 0 Å². The maximum Gasteiger partial charge on any atom is 0.0461 e. The summed E-state index contributed by atoms with van der Waals surface area (Å²) in [5.41, 5.74) is 13.3. The average Bonchev–Trinajstić information content (AvgIpc) is 3.60. The summed E-state index contributed by atoms with van der Waals surface area (Å²) < 4.78 is 2.74. The lowest BCUT2D eigenvalue weighted by Crippen LogP contribution is -2.17. The van der Waals surface area contributed by atoms with Crippen molar-refractivity contribution in [3.05, 3.63) is 187 Å². The van der Waals surface area contributed by atoms with Gasteiger partial charge in [-0.1, -0.05) is 136 Å². The number of hydrogen-bond donors (Lipinski definition) is 0. The van der Waals surface area contributed by atoms with Gasteiger partial charge in [-0.25, -0.2) is 0 Å². The van der Waals surface area contributed by atoms with Crippen molar-refractivity contribution < 1.29 is 0 Å². The minimum atomic E-state index is -0.117. The summed E-state index contributed by atoms with van der Waals surface area (Å²) >= 11 is 1.91. The maximum absolute atomic E-state index is 4.61. The van der Waals surface area contributed by atoms with Crippen molar-refractivity contribution in [2.75, 3.05) is 4.90 Å². The van der Waals surface area contributed by atoms with Crippen molar-refractivity contribution in [3.63, 3.8) is 0 Å². The Morgan fingerprint density at radius 1 is 0.625 bits per heavy atom. The molecular weight excluding hydrogens is 599 g/mol. The molecule has 0 fully saturated rings. The third-order valence-corrected chi connectivity index (χ3v) is 11.0. The Morgan fingerprint density at radius 2 is 1.23 bits per heavy atom. The first-order valence-corrected chi connectivity index (χ1v) is 17.4. The van der Waals surface area contributed by atoms with Gasteiger partial charge in [0.2, 0.25) is 0 Å². The molecule has 0 aliphatic heterocycles. The van der Waals surface area contributed by atoms with E-state index in [1.807, 2.05) is 11.3 Å². The van der Waals surface area contributed by atoms with Crippen LogP contribution in [0.4, 0.5) is 11.4 Å². The molecule has 2 heteroatoms. The predicted molar refractivity (Wildman–Crippen MR) is 209 cm³/mol. The molecule has 1 heterocycles. The number of nitrogens with zero attached hydrogens (tertiary/aromatic N) is 1. The molecule has 8 rings (SSSR count). The Hall–Kier alpha value is -5.44. The standard InChI is InChI=1S/C46H37NS/c1-31(22-28-41-32(2)44-42(46(41,3)4)29-27-40-39-20-11-12-21-43(39)48-45(40)44)47(37-18-9-6-10-19-37)38-25-23-34(24-26-38)36-17-13-16-35(30-36)33-14-7-5-8-15-33/h5-30H,1H2,2-4H3/b28-22-. The number of fused-ring (bicyclic) bond motifs is 5. The van der Waals surface area contributed by atoms with Gasteiger partial charge in [0.25, 0.3) is 0 Å². The highest BCUT2D eigenvalue weighted by Gasteiger charge is 2.36. The fourth-order valence-corrected chi connectivity index (χ4v) is 8.70. The second kappa shape index (κ2) is 12.0. The first-order valence-electron chi connectivity index (χ1n) is 16.5. The molecule has 1 nitrogen and oxygen atoms in total. The van der Waals surface area contributed by atoms with Crippen LogP contribution in [0.25, 0.3) is 48.0 Å². The van der Waals surface area contributed by atoms with E-state index in [9.17, 15) is 0 Å². The molecule has 0 saturated heterocycles. The molecule has 48 heavy (non-hydrogen) atoms. The highest BCUT2D eigenvalue weighted by molar-refractivity contribution is 7.26. The highest BCUT2D eigenvalue weighted by Crippen LogP contribution is 2.51. The van der Waals surface area contributed by atoms with Crippen LogP contribution in [-0.2, 0) is 5.41 Å². The zero-order valence-electron chi connectivity index (χ0n) is 27.6. The fraction of sp³-hybridized carbons (Fsp3) is 0.0870. The lowest BCUT2D eigenvalue weighted by Gasteiger charge is -2.27. The maximum atomic E-state index is 4.61. The Kier molecular flexibility index (Phi) is 7.47. The van der Waals surface area contributed by atoms with Crippen LogP contribution in [0.2, 0.25) is 0 Å². The molecular formula is C46H37NS. The molecule has 1 aliphatic rings. The summed E-state index contributed by atoms with van der Waals surface area (Å²) in [5.74, 6) is 0. The number of anilines is 2. The van der Waals surface area contributed by atoms with Crippen LogP contribution in [0.3, 0.4) is 0 Å². The van der Waals surface area contributed by atoms with Crippen LogP contribution >= 0.6 is 11.3 Å². The van der Waals surface area contributed by atoms with Gasteiger partial charge in [-0.05, 0) is 93.9 Å². The van der Waals surface area contributed by atoms with Gasteiger partial charge < -0.3 is 4.90 Å². The first kappa shape index (κ1) is 29.9. The van der Waals surface area contributed by atoms with Gasteiger partial charge in [0, 0.05) is 42.7 Å².